The van der Waals surface area contributed by atoms with Gasteiger partial charge in [0.1, 0.15) is 0 Å². The molecule has 0 heterocycles. The zero-order valence-electron chi connectivity index (χ0n) is 11.9. The van der Waals surface area contributed by atoms with E-state index in [-0.39, 0.29) is 12.5 Å². The van der Waals surface area contributed by atoms with Gasteiger partial charge >= 0.3 is 0 Å². The Bertz CT molecular complexity index is 483. The molecule has 2 N–H and O–H groups in total. The summed E-state index contributed by atoms with van der Waals surface area (Å²) in [6.45, 7) is 0.591. The molecule has 5 heteroatoms. The fraction of sp³-hybridized carbons (Fsp3) is 0.533. The Morgan fingerprint density at radius 3 is 2.55 bits per heavy atom. The number of aliphatic hydroxyl groups excluding tert-OH is 1. The van der Waals surface area contributed by atoms with Crippen molar-refractivity contribution in [2.24, 2.45) is 0 Å². The number of hydrogen-bond donors (Lipinski definition) is 2. The van der Waals surface area contributed by atoms with Crippen molar-refractivity contribution in [1.82, 2.24) is 5.32 Å². The van der Waals surface area contributed by atoms with Gasteiger partial charge in [-0.05, 0) is 37.0 Å². The normalized spacial score (nSPS) is 15.6. The van der Waals surface area contributed by atoms with Crippen LogP contribution < -0.4 is 14.8 Å². The largest absolute Gasteiger partial charge is 0.493 e. The summed E-state index contributed by atoms with van der Waals surface area (Å²) in [5.74, 6) is 1.32. The number of carbonyl (C=O) groups is 1. The van der Waals surface area contributed by atoms with E-state index in [2.05, 4.69) is 5.32 Å². The highest BCUT2D eigenvalue weighted by Crippen LogP contribution is 2.50. The predicted octanol–water partition coefficient (Wildman–Crippen LogP) is 1.23. The van der Waals surface area contributed by atoms with E-state index in [1.807, 2.05) is 18.2 Å². The third-order valence-corrected chi connectivity index (χ3v) is 3.74. The summed E-state index contributed by atoms with van der Waals surface area (Å²) in [5.41, 5.74) is 0.520. The van der Waals surface area contributed by atoms with Crippen LogP contribution in [0.4, 0.5) is 0 Å². The predicted molar refractivity (Wildman–Crippen MR) is 75.2 cm³/mol. The Morgan fingerprint density at radius 2 is 2.00 bits per heavy atom. The zero-order chi connectivity index (χ0) is 14.6. The van der Waals surface area contributed by atoms with Crippen molar-refractivity contribution in [2.75, 3.05) is 27.4 Å². The van der Waals surface area contributed by atoms with Crippen LogP contribution in [0.25, 0.3) is 0 Å². The standard InChI is InChI=1S/C15H21NO4/c1-19-12-5-4-11(10-13(12)20-2)15(6-7-15)14(18)16-8-3-9-17/h4-5,10,17H,3,6-9H2,1-2H3,(H,16,18). The molecular weight excluding hydrogens is 258 g/mol. The van der Waals surface area contributed by atoms with Crippen molar-refractivity contribution >= 4 is 5.91 Å². The molecule has 1 aromatic rings. The van der Waals surface area contributed by atoms with Crippen LogP contribution >= 0.6 is 0 Å². The molecule has 2 rings (SSSR count). The van der Waals surface area contributed by atoms with Gasteiger partial charge in [0.2, 0.25) is 5.91 Å². The molecule has 0 aliphatic heterocycles. The van der Waals surface area contributed by atoms with E-state index in [9.17, 15) is 4.79 Å². The Balaban J connectivity index is 2.15. The van der Waals surface area contributed by atoms with Crippen molar-refractivity contribution in [2.45, 2.75) is 24.7 Å². The molecule has 0 unspecified atom stereocenters. The lowest BCUT2D eigenvalue weighted by Gasteiger charge is -2.17. The smallest absolute Gasteiger partial charge is 0.230 e. The number of carbonyl (C=O) groups excluding carboxylic acids is 1. The van der Waals surface area contributed by atoms with E-state index >= 15 is 0 Å². The number of nitrogens with one attached hydrogen (secondary N) is 1. The van der Waals surface area contributed by atoms with E-state index < -0.39 is 5.41 Å². The van der Waals surface area contributed by atoms with Crippen molar-refractivity contribution in [1.29, 1.82) is 0 Å². The van der Waals surface area contributed by atoms with Crippen LogP contribution in [0, 0.1) is 0 Å². The Labute approximate surface area is 118 Å². The summed E-state index contributed by atoms with van der Waals surface area (Å²) >= 11 is 0. The molecule has 1 fully saturated rings. The van der Waals surface area contributed by atoms with E-state index in [0.717, 1.165) is 18.4 Å². The van der Waals surface area contributed by atoms with Crippen LogP contribution in [0.15, 0.2) is 18.2 Å². The third kappa shape index (κ3) is 2.72. The number of hydrogen-bond acceptors (Lipinski definition) is 4. The number of benzene rings is 1. The van der Waals surface area contributed by atoms with Gasteiger partial charge < -0.3 is 19.9 Å². The van der Waals surface area contributed by atoms with Crippen LogP contribution in [0.3, 0.4) is 0 Å². The molecule has 0 atom stereocenters. The highest BCUT2D eigenvalue weighted by Gasteiger charge is 2.51. The number of ether oxygens (including phenoxy) is 2. The van der Waals surface area contributed by atoms with Gasteiger partial charge in [-0.1, -0.05) is 6.07 Å². The number of rotatable bonds is 7. The van der Waals surface area contributed by atoms with E-state index in [0.29, 0.717) is 24.5 Å². The summed E-state index contributed by atoms with van der Waals surface area (Å²) in [6, 6.07) is 5.62. The van der Waals surface area contributed by atoms with Crippen molar-refractivity contribution in [3.8, 4) is 11.5 Å². The van der Waals surface area contributed by atoms with Crippen molar-refractivity contribution in [3.63, 3.8) is 0 Å². The second kappa shape index (κ2) is 6.13. The summed E-state index contributed by atoms with van der Waals surface area (Å²) in [6.07, 6.45) is 2.26. The average molecular weight is 279 g/mol. The molecule has 5 nitrogen and oxygen atoms in total. The average Bonchev–Trinajstić information content (AvgIpc) is 3.28. The lowest BCUT2D eigenvalue weighted by Crippen LogP contribution is -2.35. The van der Waals surface area contributed by atoms with Gasteiger partial charge in [0.25, 0.3) is 0 Å². The maximum atomic E-state index is 12.3. The Kier molecular flexibility index (Phi) is 4.49. The maximum absolute atomic E-state index is 12.3. The lowest BCUT2D eigenvalue weighted by molar-refractivity contribution is -0.123. The van der Waals surface area contributed by atoms with Gasteiger partial charge in [0, 0.05) is 13.2 Å². The molecule has 1 amide bonds. The van der Waals surface area contributed by atoms with Gasteiger partial charge in [0.15, 0.2) is 11.5 Å². The van der Waals surface area contributed by atoms with E-state index in [1.165, 1.54) is 0 Å². The first kappa shape index (κ1) is 14.7. The molecule has 1 aromatic carbocycles. The first-order valence-corrected chi connectivity index (χ1v) is 6.79. The fourth-order valence-electron chi connectivity index (χ4n) is 2.36. The minimum absolute atomic E-state index is 0.0261. The Morgan fingerprint density at radius 1 is 1.30 bits per heavy atom. The van der Waals surface area contributed by atoms with Gasteiger partial charge in [-0.15, -0.1) is 0 Å². The molecular formula is C15H21NO4. The van der Waals surface area contributed by atoms with Gasteiger partial charge in [-0.3, -0.25) is 4.79 Å². The van der Waals surface area contributed by atoms with Gasteiger partial charge in [-0.25, -0.2) is 0 Å². The molecule has 0 bridgehead atoms. The summed E-state index contributed by atoms with van der Waals surface area (Å²) in [5, 5.41) is 11.6. The second-order valence-electron chi connectivity index (χ2n) is 4.98. The topological polar surface area (TPSA) is 67.8 Å². The van der Waals surface area contributed by atoms with Crippen LogP contribution in [0.2, 0.25) is 0 Å². The number of amides is 1. The van der Waals surface area contributed by atoms with Crippen LogP contribution in [-0.2, 0) is 10.2 Å². The molecule has 20 heavy (non-hydrogen) atoms. The maximum Gasteiger partial charge on any atom is 0.230 e. The fourth-order valence-corrected chi connectivity index (χ4v) is 2.36. The quantitative estimate of drug-likeness (QED) is 0.737. The first-order chi connectivity index (χ1) is 9.67. The van der Waals surface area contributed by atoms with Crippen molar-refractivity contribution < 1.29 is 19.4 Å². The summed E-state index contributed by atoms with van der Waals surface area (Å²) < 4.78 is 10.5. The minimum Gasteiger partial charge on any atom is -0.493 e. The monoisotopic (exact) mass is 279 g/mol. The minimum atomic E-state index is -0.436. The highest BCUT2D eigenvalue weighted by molar-refractivity contribution is 5.91. The molecule has 1 aliphatic carbocycles. The lowest BCUT2D eigenvalue weighted by atomic mass is 9.94. The molecule has 1 aliphatic rings. The molecule has 110 valence electrons. The van der Waals surface area contributed by atoms with Gasteiger partial charge in [0.05, 0.1) is 19.6 Å². The summed E-state index contributed by atoms with van der Waals surface area (Å²) in [4.78, 5) is 12.3. The van der Waals surface area contributed by atoms with E-state index in [4.69, 9.17) is 14.6 Å². The first-order valence-electron chi connectivity index (χ1n) is 6.79. The number of aliphatic hydroxyl groups is 1. The molecule has 0 radical (unpaired) electrons. The van der Waals surface area contributed by atoms with Crippen LogP contribution in [0.5, 0.6) is 11.5 Å². The van der Waals surface area contributed by atoms with E-state index in [1.54, 1.807) is 14.2 Å². The molecule has 0 aromatic heterocycles. The van der Waals surface area contributed by atoms with Crippen LogP contribution in [-0.4, -0.2) is 38.4 Å². The van der Waals surface area contributed by atoms with Crippen LogP contribution in [0.1, 0.15) is 24.8 Å². The zero-order valence-corrected chi connectivity index (χ0v) is 11.9. The molecule has 1 saturated carbocycles. The molecule has 0 saturated heterocycles. The highest BCUT2D eigenvalue weighted by atomic mass is 16.5. The van der Waals surface area contributed by atoms with Gasteiger partial charge in [-0.2, -0.15) is 0 Å². The SMILES string of the molecule is COc1ccc(C2(C(=O)NCCCO)CC2)cc1OC. The van der Waals surface area contributed by atoms with Crippen molar-refractivity contribution in [3.05, 3.63) is 23.8 Å². The summed E-state index contributed by atoms with van der Waals surface area (Å²) in [7, 11) is 3.18. The Hall–Kier alpha value is -1.75. The second-order valence-corrected chi connectivity index (χ2v) is 4.98. The third-order valence-electron chi connectivity index (χ3n) is 3.74. The number of methoxy groups -OCH3 is 2. The molecule has 0 spiro atoms.